The van der Waals surface area contributed by atoms with Gasteiger partial charge in [-0.1, -0.05) is 6.42 Å². The highest BCUT2D eigenvalue weighted by atomic mass is 16.5. The van der Waals surface area contributed by atoms with Crippen molar-refractivity contribution in [2.75, 3.05) is 13.2 Å². The van der Waals surface area contributed by atoms with Gasteiger partial charge in [0.2, 0.25) is 11.8 Å². The number of aromatic nitrogens is 1. The van der Waals surface area contributed by atoms with Gasteiger partial charge in [0, 0.05) is 43.5 Å². The van der Waals surface area contributed by atoms with E-state index in [0.717, 1.165) is 30.8 Å². The van der Waals surface area contributed by atoms with Crippen LogP contribution in [0, 0.1) is 0 Å². The lowest BCUT2D eigenvalue weighted by Gasteiger charge is -2.35. The number of ether oxygens (including phenoxy) is 1. The van der Waals surface area contributed by atoms with Crippen LogP contribution in [-0.2, 0) is 22.7 Å². The molecule has 0 aliphatic carbocycles. The van der Waals surface area contributed by atoms with Crippen LogP contribution in [0.5, 0.6) is 5.75 Å². The third-order valence-electron chi connectivity index (χ3n) is 6.82. The smallest absolute Gasteiger partial charge is 0.255 e. The minimum absolute atomic E-state index is 0.165. The van der Waals surface area contributed by atoms with Crippen molar-refractivity contribution in [2.24, 2.45) is 0 Å². The Morgan fingerprint density at radius 3 is 2.73 bits per heavy atom. The molecule has 1 aromatic carbocycles. The van der Waals surface area contributed by atoms with Crippen molar-refractivity contribution in [1.29, 1.82) is 0 Å². The molecule has 5 rings (SSSR count). The highest BCUT2D eigenvalue weighted by Crippen LogP contribution is 2.30. The molecule has 172 valence electrons. The minimum Gasteiger partial charge on any atom is -0.492 e. The Hall–Kier alpha value is -3.26. The van der Waals surface area contributed by atoms with E-state index >= 15 is 0 Å². The molecule has 2 fully saturated rings. The van der Waals surface area contributed by atoms with Crippen LogP contribution in [-0.4, -0.2) is 57.7 Å². The fraction of sp³-hybridized carbons (Fsp3) is 0.440. The summed E-state index contributed by atoms with van der Waals surface area (Å²) in [6.45, 7) is 2.88. The molecule has 1 N–H and O–H groups in total. The Bertz CT molecular complexity index is 1060. The molecule has 0 bridgehead atoms. The van der Waals surface area contributed by atoms with E-state index in [9.17, 15) is 14.4 Å². The first kappa shape index (κ1) is 21.6. The highest BCUT2D eigenvalue weighted by molar-refractivity contribution is 6.05. The molecular formula is C25H28N4O4. The summed E-state index contributed by atoms with van der Waals surface area (Å²) >= 11 is 0. The minimum atomic E-state index is -0.601. The number of fused-ring (bicyclic) bond motifs is 1. The second-order valence-corrected chi connectivity index (χ2v) is 9.01. The maximum Gasteiger partial charge on any atom is 0.255 e. The molecule has 4 heterocycles. The second kappa shape index (κ2) is 9.31. The number of benzene rings is 1. The zero-order valence-corrected chi connectivity index (χ0v) is 18.5. The van der Waals surface area contributed by atoms with Gasteiger partial charge >= 0.3 is 0 Å². The van der Waals surface area contributed by atoms with Crippen LogP contribution in [0.2, 0.25) is 0 Å². The molecule has 33 heavy (non-hydrogen) atoms. The molecular weight excluding hydrogens is 420 g/mol. The predicted octanol–water partition coefficient (Wildman–Crippen LogP) is 2.28. The Morgan fingerprint density at radius 2 is 1.91 bits per heavy atom. The van der Waals surface area contributed by atoms with Crippen molar-refractivity contribution in [2.45, 2.75) is 57.3 Å². The average molecular weight is 449 g/mol. The lowest BCUT2D eigenvalue weighted by atomic mass is 10.0. The van der Waals surface area contributed by atoms with Crippen molar-refractivity contribution >= 4 is 17.7 Å². The van der Waals surface area contributed by atoms with Crippen LogP contribution >= 0.6 is 0 Å². The number of nitrogens with zero attached hydrogens (tertiary/aromatic N) is 3. The van der Waals surface area contributed by atoms with E-state index in [1.807, 2.05) is 24.5 Å². The van der Waals surface area contributed by atoms with E-state index in [1.54, 1.807) is 11.0 Å². The largest absolute Gasteiger partial charge is 0.492 e. The lowest BCUT2D eigenvalue weighted by molar-refractivity contribution is -0.136. The van der Waals surface area contributed by atoms with Crippen LogP contribution in [0.3, 0.4) is 0 Å². The van der Waals surface area contributed by atoms with Gasteiger partial charge < -0.3 is 9.64 Å². The first-order valence-electron chi connectivity index (χ1n) is 11.6. The van der Waals surface area contributed by atoms with Crippen molar-refractivity contribution in [1.82, 2.24) is 20.1 Å². The molecule has 8 heteroatoms. The number of likely N-dealkylation sites (tertiary alicyclic amines) is 1. The lowest BCUT2D eigenvalue weighted by Crippen LogP contribution is -2.52. The number of amides is 3. The Labute approximate surface area is 192 Å². The molecule has 8 nitrogen and oxygen atoms in total. The average Bonchev–Trinajstić information content (AvgIpc) is 3.14. The summed E-state index contributed by atoms with van der Waals surface area (Å²) < 4.78 is 6.18. The van der Waals surface area contributed by atoms with Gasteiger partial charge in [-0.3, -0.25) is 29.6 Å². The summed E-state index contributed by atoms with van der Waals surface area (Å²) in [5.74, 6) is -0.102. The van der Waals surface area contributed by atoms with Gasteiger partial charge in [0.1, 0.15) is 18.4 Å². The quantitative estimate of drug-likeness (QED) is 0.682. The molecule has 3 aliphatic heterocycles. The van der Waals surface area contributed by atoms with Gasteiger partial charge in [0.25, 0.3) is 5.91 Å². The Morgan fingerprint density at radius 1 is 1.06 bits per heavy atom. The molecule has 2 saturated heterocycles. The maximum atomic E-state index is 12.9. The first-order chi connectivity index (χ1) is 16.1. The van der Waals surface area contributed by atoms with Gasteiger partial charge in [0.15, 0.2) is 0 Å². The summed E-state index contributed by atoms with van der Waals surface area (Å²) in [4.78, 5) is 44.7. The molecule has 0 radical (unpaired) electrons. The van der Waals surface area contributed by atoms with E-state index in [4.69, 9.17) is 4.74 Å². The summed E-state index contributed by atoms with van der Waals surface area (Å²) in [5, 5.41) is 2.34. The summed E-state index contributed by atoms with van der Waals surface area (Å²) in [6, 6.07) is 9.37. The van der Waals surface area contributed by atoms with E-state index in [-0.39, 0.29) is 18.2 Å². The number of pyridine rings is 1. The normalized spacial score (nSPS) is 23.4. The van der Waals surface area contributed by atoms with E-state index < -0.39 is 11.9 Å². The zero-order valence-electron chi connectivity index (χ0n) is 18.5. The van der Waals surface area contributed by atoms with Gasteiger partial charge in [-0.15, -0.1) is 0 Å². The SMILES string of the molecule is O=C1CCC(N2Cc3cc(OC[C@H]4CCCCN4Cc4ccncc4)ccc3C2=O)C(=O)N1. The third kappa shape index (κ3) is 4.61. The monoisotopic (exact) mass is 448 g/mol. The number of hydrogen-bond acceptors (Lipinski definition) is 6. The number of hydrogen-bond donors (Lipinski definition) is 1. The molecule has 0 saturated carbocycles. The van der Waals surface area contributed by atoms with Gasteiger partial charge in [-0.2, -0.15) is 0 Å². The predicted molar refractivity (Wildman–Crippen MR) is 120 cm³/mol. The van der Waals surface area contributed by atoms with E-state index in [0.29, 0.717) is 31.2 Å². The van der Waals surface area contributed by atoms with Crippen LogP contribution in [0.1, 0.15) is 53.6 Å². The number of carbonyl (C=O) groups is 3. The fourth-order valence-corrected chi connectivity index (χ4v) is 5.01. The van der Waals surface area contributed by atoms with E-state index in [2.05, 4.69) is 27.3 Å². The van der Waals surface area contributed by atoms with Crippen LogP contribution in [0.4, 0.5) is 0 Å². The van der Waals surface area contributed by atoms with Crippen LogP contribution < -0.4 is 10.1 Å². The number of imide groups is 1. The fourth-order valence-electron chi connectivity index (χ4n) is 5.01. The Kier molecular flexibility index (Phi) is 6.09. The standard InChI is InChI=1S/C25H28N4O4/c30-23-7-6-22(24(31)27-23)29-15-18-13-20(4-5-21(18)25(29)32)33-16-19-3-1-2-12-28(19)14-17-8-10-26-11-9-17/h4-5,8-11,13,19,22H,1-3,6-7,12,14-16H2,(H,27,30,31)/t19-,22?/m1/s1. The van der Waals surface area contributed by atoms with Crippen molar-refractivity contribution < 1.29 is 19.1 Å². The number of nitrogens with one attached hydrogen (secondary N) is 1. The molecule has 3 aliphatic rings. The molecule has 2 atom stereocenters. The molecule has 0 spiro atoms. The summed E-state index contributed by atoms with van der Waals surface area (Å²) in [6.07, 6.45) is 7.76. The molecule has 2 aromatic rings. The number of piperidine rings is 2. The number of carbonyl (C=O) groups excluding carboxylic acids is 3. The van der Waals surface area contributed by atoms with E-state index in [1.165, 1.54) is 18.4 Å². The van der Waals surface area contributed by atoms with Crippen LogP contribution in [0.25, 0.3) is 0 Å². The van der Waals surface area contributed by atoms with Gasteiger partial charge in [-0.05, 0) is 67.3 Å². The highest BCUT2D eigenvalue weighted by Gasteiger charge is 2.39. The second-order valence-electron chi connectivity index (χ2n) is 9.01. The summed E-state index contributed by atoms with van der Waals surface area (Å²) in [5.41, 5.74) is 2.71. The van der Waals surface area contributed by atoms with Gasteiger partial charge in [0.05, 0.1) is 0 Å². The first-order valence-corrected chi connectivity index (χ1v) is 11.6. The summed E-state index contributed by atoms with van der Waals surface area (Å²) in [7, 11) is 0. The van der Waals surface area contributed by atoms with Gasteiger partial charge in [-0.25, -0.2) is 0 Å². The zero-order chi connectivity index (χ0) is 22.8. The van der Waals surface area contributed by atoms with Crippen molar-refractivity contribution in [3.8, 4) is 5.75 Å². The Balaban J connectivity index is 1.23. The van der Waals surface area contributed by atoms with Crippen molar-refractivity contribution in [3.05, 3.63) is 59.4 Å². The number of rotatable bonds is 6. The molecule has 3 amide bonds. The third-order valence-corrected chi connectivity index (χ3v) is 6.82. The molecule has 1 aromatic heterocycles. The topological polar surface area (TPSA) is 91.8 Å². The maximum absolute atomic E-state index is 12.9. The molecule has 1 unspecified atom stereocenters. The van der Waals surface area contributed by atoms with Crippen molar-refractivity contribution in [3.63, 3.8) is 0 Å². The van der Waals surface area contributed by atoms with Crippen LogP contribution in [0.15, 0.2) is 42.7 Å².